The highest BCUT2D eigenvalue weighted by Gasteiger charge is 2.38. The highest BCUT2D eigenvalue weighted by molar-refractivity contribution is 5.85. The van der Waals surface area contributed by atoms with Crippen LogP contribution < -0.4 is 10.8 Å². The van der Waals surface area contributed by atoms with Crippen molar-refractivity contribution in [2.24, 2.45) is 10.8 Å². The minimum Gasteiger partial charge on any atom is -0.352 e. The van der Waals surface area contributed by atoms with Crippen molar-refractivity contribution in [1.82, 2.24) is 10.8 Å². The van der Waals surface area contributed by atoms with Crippen LogP contribution in [0.15, 0.2) is 12.7 Å². The molecule has 0 fully saturated rings. The standard InChI is InChI=1S/C12H22N2O3/c1-6-7-13-9(15)11(2,3)8-12(4,5)10(16)14-17/h6,17H,1,7-8H2,2-5H3,(H,13,15)(H,14,16). The van der Waals surface area contributed by atoms with Gasteiger partial charge in [-0.15, -0.1) is 6.58 Å². The maximum Gasteiger partial charge on any atom is 0.249 e. The van der Waals surface area contributed by atoms with Crippen LogP contribution in [0.4, 0.5) is 0 Å². The van der Waals surface area contributed by atoms with E-state index in [2.05, 4.69) is 11.9 Å². The van der Waals surface area contributed by atoms with E-state index in [-0.39, 0.29) is 5.91 Å². The fraction of sp³-hybridized carbons (Fsp3) is 0.667. The summed E-state index contributed by atoms with van der Waals surface area (Å²) in [4.78, 5) is 23.3. The minimum atomic E-state index is -0.816. The third-order valence-electron chi connectivity index (χ3n) is 2.62. The molecule has 0 saturated heterocycles. The summed E-state index contributed by atoms with van der Waals surface area (Å²) < 4.78 is 0. The van der Waals surface area contributed by atoms with Gasteiger partial charge in [0.1, 0.15) is 0 Å². The van der Waals surface area contributed by atoms with E-state index >= 15 is 0 Å². The Labute approximate surface area is 102 Å². The zero-order valence-electron chi connectivity index (χ0n) is 11.0. The Bertz CT molecular complexity index is 309. The molecule has 5 heteroatoms. The van der Waals surface area contributed by atoms with Gasteiger partial charge in [0.25, 0.3) is 0 Å². The molecular weight excluding hydrogens is 220 g/mol. The molecule has 0 spiro atoms. The van der Waals surface area contributed by atoms with Gasteiger partial charge < -0.3 is 5.32 Å². The first-order valence-electron chi connectivity index (χ1n) is 5.51. The SMILES string of the molecule is C=CCNC(=O)C(C)(C)CC(C)(C)C(=O)NO. The van der Waals surface area contributed by atoms with E-state index in [9.17, 15) is 9.59 Å². The fourth-order valence-corrected chi connectivity index (χ4v) is 1.82. The third kappa shape index (κ3) is 4.56. The summed E-state index contributed by atoms with van der Waals surface area (Å²) in [7, 11) is 0. The number of carbonyl (C=O) groups excluding carboxylic acids is 2. The van der Waals surface area contributed by atoms with E-state index in [0.29, 0.717) is 13.0 Å². The highest BCUT2D eigenvalue weighted by atomic mass is 16.5. The van der Waals surface area contributed by atoms with Crippen LogP contribution in [-0.4, -0.2) is 23.6 Å². The molecule has 3 N–H and O–H groups in total. The Kier molecular flexibility index (Phi) is 5.35. The maximum atomic E-state index is 11.9. The van der Waals surface area contributed by atoms with E-state index in [0.717, 1.165) is 0 Å². The minimum absolute atomic E-state index is 0.142. The van der Waals surface area contributed by atoms with Gasteiger partial charge in [-0.25, -0.2) is 5.48 Å². The molecule has 2 amide bonds. The highest BCUT2D eigenvalue weighted by Crippen LogP contribution is 2.33. The van der Waals surface area contributed by atoms with Gasteiger partial charge in [0.05, 0.1) is 0 Å². The Balaban J connectivity index is 4.67. The predicted octanol–water partition coefficient (Wildman–Crippen LogP) is 1.24. The molecule has 98 valence electrons. The number of amides is 2. The Morgan fingerprint density at radius 2 is 1.65 bits per heavy atom. The summed E-state index contributed by atoms with van der Waals surface area (Å²) in [5, 5.41) is 11.3. The zero-order valence-corrected chi connectivity index (χ0v) is 11.0. The molecule has 0 aliphatic carbocycles. The van der Waals surface area contributed by atoms with Crippen molar-refractivity contribution in [3.63, 3.8) is 0 Å². The average molecular weight is 242 g/mol. The molecule has 0 aromatic carbocycles. The first-order valence-corrected chi connectivity index (χ1v) is 5.51. The second-order valence-electron chi connectivity index (χ2n) is 5.38. The van der Waals surface area contributed by atoms with Crippen LogP contribution in [0.1, 0.15) is 34.1 Å². The lowest BCUT2D eigenvalue weighted by Gasteiger charge is -2.32. The van der Waals surface area contributed by atoms with Crippen LogP contribution >= 0.6 is 0 Å². The summed E-state index contributed by atoms with van der Waals surface area (Å²) >= 11 is 0. The number of carbonyl (C=O) groups is 2. The van der Waals surface area contributed by atoms with Gasteiger partial charge in [-0.2, -0.15) is 0 Å². The maximum absolute atomic E-state index is 11.9. The lowest BCUT2D eigenvalue weighted by Crippen LogP contribution is -2.44. The molecule has 0 atom stereocenters. The number of hydrogen-bond donors (Lipinski definition) is 3. The zero-order chi connectivity index (χ0) is 13.7. The largest absolute Gasteiger partial charge is 0.352 e. The molecule has 17 heavy (non-hydrogen) atoms. The molecule has 5 nitrogen and oxygen atoms in total. The number of nitrogens with one attached hydrogen (secondary N) is 2. The summed E-state index contributed by atoms with van der Waals surface area (Å²) in [6.07, 6.45) is 1.93. The quantitative estimate of drug-likeness (QED) is 0.372. The van der Waals surface area contributed by atoms with Crippen LogP contribution in [0.2, 0.25) is 0 Å². The van der Waals surface area contributed by atoms with Crippen molar-refractivity contribution in [2.45, 2.75) is 34.1 Å². The van der Waals surface area contributed by atoms with Gasteiger partial charge >= 0.3 is 0 Å². The molecule has 0 aliphatic rings. The molecule has 0 radical (unpaired) electrons. The molecule has 0 bridgehead atoms. The van der Waals surface area contributed by atoms with E-state index < -0.39 is 16.7 Å². The van der Waals surface area contributed by atoms with Gasteiger partial charge in [-0.05, 0) is 6.42 Å². The van der Waals surface area contributed by atoms with Crippen molar-refractivity contribution in [3.8, 4) is 0 Å². The van der Waals surface area contributed by atoms with Crippen molar-refractivity contribution < 1.29 is 14.8 Å². The fourth-order valence-electron chi connectivity index (χ4n) is 1.82. The van der Waals surface area contributed by atoms with Crippen molar-refractivity contribution in [2.75, 3.05) is 6.54 Å². The average Bonchev–Trinajstić information content (AvgIpc) is 2.22. The lowest BCUT2D eigenvalue weighted by molar-refractivity contribution is -0.142. The topological polar surface area (TPSA) is 78.4 Å². The predicted molar refractivity (Wildman–Crippen MR) is 65.3 cm³/mol. The Morgan fingerprint density at radius 3 is 2.06 bits per heavy atom. The summed E-state index contributed by atoms with van der Waals surface area (Å²) in [6.45, 7) is 10.8. The van der Waals surface area contributed by atoms with Crippen LogP contribution in [0, 0.1) is 10.8 Å². The summed E-state index contributed by atoms with van der Waals surface area (Å²) in [5.41, 5.74) is 0.112. The van der Waals surface area contributed by atoms with E-state index in [1.807, 2.05) is 0 Å². The second kappa shape index (κ2) is 5.82. The number of hydroxylamine groups is 1. The van der Waals surface area contributed by atoms with E-state index in [1.165, 1.54) is 0 Å². The molecular formula is C12H22N2O3. The van der Waals surface area contributed by atoms with Crippen LogP contribution in [-0.2, 0) is 9.59 Å². The first-order chi connectivity index (χ1) is 7.67. The molecule has 0 aromatic rings. The van der Waals surface area contributed by atoms with Crippen molar-refractivity contribution >= 4 is 11.8 Å². The molecule has 0 saturated carbocycles. The molecule has 0 unspecified atom stereocenters. The van der Waals surface area contributed by atoms with Gasteiger partial charge in [-0.1, -0.05) is 33.8 Å². The normalized spacial score (nSPS) is 11.8. The monoisotopic (exact) mass is 242 g/mol. The van der Waals surface area contributed by atoms with Crippen LogP contribution in [0.25, 0.3) is 0 Å². The van der Waals surface area contributed by atoms with Gasteiger partial charge in [0, 0.05) is 17.4 Å². The van der Waals surface area contributed by atoms with Gasteiger partial charge in [0.2, 0.25) is 11.8 Å². The lowest BCUT2D eigenvalue weighted by atomic mass is 9.74. The Hall–Kier alpha value is -1.36. The van der Waals surface area contributed by atoms with Gasteiger partial charge in [-0.3, -0.25) is 14.8 Å². The molecule has 0 rings (SSSR count). The van der Waals surface area contributed by atoms with Crippen LogP contribution in [0.3, 0.4) is 0 Å². The smallest absolute Gasteiger partial charge is 0.249 e. The van der Waals surface area contributed by atoms with Gasteiger partial charge in [0.15, 0.2) is 0 Å². The first kappa shape index (κ1) is 15.6. The number of rotatable bonds is 6. The van der Waals surface area contributed by atoms with E-state index in [1.54, 1.807) is 39.3 Å². The molecule has 0 aromatic heterocycles. The van der Waals surface area contributed by atoms with E-state index in [4.69, 9.17) is 5.21 Å². The van der Waals surface area contributed by atoms with Crippen LogP contribution in [0.5, 0.6) is 0 Å². The second-order valence-corrected chi connectivity index (χ2v) is 5.38. The summed E-state index contributed by atoms with van der Waals surface area (Å²) in [5.74, 6) is -0.640. The molecule has 0 aliphatic heterocycles. The van der Waals surface area contributed by atoms with Crippen molar-refractivity contribution in [3.05, 3.63) is 12.7 Å². The summed E-state index contributed by atoms with van der Waals surface area (Å²) in [6, 6.07) is 0. The molecule has 0 heterocycles. The Morgan fingerprint density at radius 1 is 1.18 bits per heavy atom. The number of hydrogen-bond acceptors (Lipinski definition) is 3. The van der Waals surface area contributed by atoms with Crippen molar-refractivity contribution in [1.29, 1.82) is 0 Å². The third-order valence-corrected chi connectivity index (χ3v) is 2.62.